The van der Waals surface area contributed by atoms with Crippen LogP contribution in [0.15, 0.2) is 120 Å². The van der Waals surface area contributed by atoms with Gasteiger partial charge in [-0.25, -0.2) is 0 Å². The van der Waals surface area contributed by atoms with Crippen molar-refractivity contribution in [3.05, 3.63) is 132 Å². The molecular weight excluding hydrogens is 462 g/mol. The molecule has 0 aliphatic carbocycles. The fourth-order valence-electron chi connectivity index (χ4n) is 4.18. The number of fused-ring (bicyclic) bond motifs is 1. The van der Waals surface area contributed by atoms with Crippen molar-refractivity contribution in [2.45, 2.75) is 13.0 Å². The molecule has 5 rings (SSSR count). The zero-order valence-electron chi connectivity index (χ0n) is 20.7. The number of para-hydroxylation sites is 1. The molecule has 184 valence electrons. The maximum Gasteiger partial charge on any atom is 0.248 e. The van der Waals surface area contributed by atoms with Crippen LogP contribution in [0.2, 0.25) is 0 Å². The number of nitrogens with one attached hydrogen (secondary N) is 1. The van der Waals surface area contributed by atoms with Gasteiger partial charge in [-0.05, 0) is 47.9 Å². The first-order valence-electron chi connectivity index (χ1n) is 12.0. The van der Waals surface area contributed by atoms with Crippen LogP contribution in [0.5, 0.6) is 11.5 Å². The third-order valence-corrected chi connectivity index (χ3v) is 6.03. The number of rotatable bonds is 8. The van der Waals surface area contributed by atoms with Gasteiger partial charge in [-0.15, -0.1) is 0 Å². The number of methoxy groups -OCH3 is 1. The molecule has 1 N–H and O–H groups in total. The molecule has 1 amide bonds. The van der Waals surface area contributed by atoms with Crippen LogP contribution in [0.3, 0.4) is 0 Å². The molecule has 0 aliphatic rings. The Hall–Kier alpha value is -4.77. The van der Waals surface area contributed by atoms with E-state index in [-0.39, 0.29) is 12.0 Å². The molecule has 0 atom stereocenters. The van der Waals surface area contributed by atoms with Crippen LogP contribution in [0.4, 0.5) is 5.69 Å². The van der Waals surface area contributed by atoms with E-state index in [9.17, 15) is 4.79 Å². The summed E-state index contributed by atoms with van der Waals surface area (Å²) in [5.41, 5.74) is 4.08. The number of benzene rings is 4. The summed E-state index contributed by atoms with van der Waals surface area (Å²) in [4.78, 5) is 12.6. The molecule has 0 fully saturated rings. The van der Waals surface area contributed by atoms with E-state index in [1.165, 1.54) is 6.08 Å². The van der Waals surface area contributed by atoms with Crippen LogP contribution in [0, 0.1) is 0 Å². The molecule has 5 aromatic rings. The largest absolute Gasteiger partial charge is 0.497 e. The minimum absolute atomic E-state index is 0.254. The van der Waals surface area contributed by atoms with E-state index in [0.29, 0.717) is 34.1 Å². The maximum absolute atomic E-state index is 12.6. The van der Waals surface area contributed by atoms with E-state index in [4.69, 9.17) is 13.9 Å². The Morgan fingerprint density at radius 1 is 0.838 bits per heavy atom. The molecule has 0 radical (unpaired) electrons. The molecule has 0 aliphatic heterocycles. The molecule has 0 unspecified atom stereocenters. The summed E-state index contributed by atoms with van der Waals surface area (Å²) >= 11 is 0. The third kappa shape index (κ3) is 5.57. The summed E-state index contributed by atoms with van der Waals surface area (Å²) in [7, 11) is 1.59. The highest BCUT2D eigenvalue weighted by atomic mass is 16.5. The van der Waals surface area contributed by atoms with Gasteiger partial charge in [-0.2, -0.15) is 0 Å². The maximum atomic E-state index is 12.6. The van der Waals surface area contributed by atoms with Crippen molar-refractivity contribution in [2.24, 2.45) is 0 Å². The van der Waals surface area contributed by atoms with Crippen molar-refractivity contribution in [1.29, 1.82) is 0 Å². The Kier molecular flexibility index (Phi) is 7.04. The Morgan fingerprint density at radius 2 is 1.51 bits per heavy atom. The first-order chi connectivity index (χ1) is 18.1. The standard InChI is InChI=1S/C32H27NO4/c1-22(19-30(34)33-26-16-10-17-27(21-26)35-2)29-20-25-15-9-18-28(32(25)37-29)36-31(23-11-5-3-6-12-23)24-13-7-4-8-14-24/h3-21,31H,1-2H3,(H,33,34)/b22-19+. The first-order valence-corrected chi connectivity index (χ1v) is 12.0. The number of allylic oxidation sites excluding steroid dienone is 1. The summed E-state index contributed by atoms with van der Waals surface area (Å²) in [6, 6.07) is 35.2. The van der Waals surface area contributed by atoms with Gasteiger partial charge in [0.25, 0.3) is 0 Å². The minimum Gasteiger partial charge on any atom is -0.497 e. The van der Waals surface area contributed by atoms with E-state index < -0.39 is 0 Å². The first kappa shape index (κ1) is 23.9. The number of ether oxygens (including phenoxy) is 2. The number of hydrogen-bond acceptors (Lipinski definition) is 4. The van der Waals surface area contributed by atoms with Crippen molar-refractivity contribution in [2.75, 3.05) is 12.4 Å². The van der Waals surface area contributed by atoms with Gasteiger partial charge in [-0.1, -0.05) is 78.9 Å². The molecule has 1 aromatic heterocycles. The number of furan rings is 1. The lowest BCUT2D eigenvalue weighted by Gasteiger charge is -2.20. The fourth-order valence-corrected chi connectivity index (χ4v) is 4.18. The van der Waals surface area contributed by atoms with Crippen LogP contribution < -0.4 is 14.8 Å². The molecule has 0 spiro atoms. The number of anilines is 1. The predicted molar refractivity (Wildman–Crippen MR) is 147 cm³/mol. The van der Waals surface area contributed by atoms with Crippen molar-refractivity contribution < 1.29 is 18.7 Å². The van der Waals surface area contributed by atoms with Gasteiger partial charge < -0.3 is 19.2 Å². The molecule has 5 nitrogen and oxygen atoms in total. The average Bonchev–Trinajstić information content (AvgIpc) is 3.38. The van der Waals surface area contributed by atoms with Crippen molar-refractivity contribution in [3.63, 3.8) is 0 Å². The lowest BCUT2D eigenvalue weighted by Crippen LogP contribution is -2.09. The van der Waals surface area contributed by atoms with E-state index >= 15 is 0 Å². The highest BCUT2D eigenvalue weighted by molar-refractivity contribution is 6.04. The minimum atomic E-state index is -0.299. The van der Waals surface area contributed by atoms with E-state index in [1.54, 1.807) is 13.2 Å². The normalized spacial score (nSPS) is 11.5. The molecule has 0 saturated heterocycles. The number of hydrogen-bond donors (Lipinski definition) is 1. The van der Waals surface area contributed by atoms with Gasteiger partial charge in [0.2, 0.25) is 5.91 Å². The zero-order chi connectivity index (χ0) is 25.6. The lowest BCUT2D eigenvalue weighted by atomic mass is 10.0. The van der Waals surface area contributed by atoms with Crippen LogP contribution in [-0.2, 0) is 4.79 Å². The topological polar surface area (TPSA) is 60.7 Å². The SMILES string of the molecule is COc1cccc(NC(=O)/C=C(\C)c2cc3cccc(OC(c4ccccc4)c4ccccc4)c3o2)c1. The van der Waals surface area contributed by atoms with Crippen LogP contribution >= 0.6 is 0 Å². The Balaban J connectivity index is 1.42. The fraction of sp³-hybridized carbons (Fsp3) is 0.0938. The highest BCUT2D eigenvalue weighted by Gasteiger charge is 2.19. The number of carbonyl (C=O) groups excluding carboxylic acids is 1. The van der Waals surface area contributed by atoms with Crippen LogP contribution in [-0.4, -0.2) is 13.0 Å². The van der Waals surface area contributed by atoms with Crippen molar-refractivity contribution in [1.82, 2.24) is 0 Å². The third-order valence-electron chi connectivity index (χ3n) is 6.03. The number of amides is 1. The second-order valence-corrected chi connectivity index (χ2v) is 8.65. The molecule has 0 bridgehead atoms. The summed E-state index contributed by atoms with van der Waals surface area (Å²) < 4.78 is 18.0. The quantitative estimate of drug-likeness (QED) is 0.227. The van der Waals surface area contributed by atoms with Gasteiger partial charge in [0, 0.05) is 23.2 Å². The summed E-state index contributed by atoms with van der Waals surface area (Å²) in [6.07, 6.45) is 1.22. The Morgan fingerprint density at radius 3 is 2.19 bits per heavy atom. The molecule has 5 heteroatoms. The van der Waals surface area contributed by atoms with Gasteiger partial charge >= 0.3 is 0 Å². The van der Waals surface area contributed by atoms with E-state index in [0.717, 1.165) is 16.5 Å². The molecule has 37 heavy (non-hydrogen) atoms. The molecule has 4 aromatic carbocycles. The molecular formula is C32H27NO4. The number of carbonyl (C=O) groups is 1. The monoisotopic (exact) mass is 489 g/mol. The van der Waals surface area contributed by atoms with Gasteiger partial charge in [-0.3, -0.25) is 4.79 Å². The summed E-state index contributed by atoms with van der Waals surface area (Å²) in [5, 5.41) is 3.76. The highest BCUT2D eigenvalue weighted by Crippen LogP contribution is 2.36. The van der Waals surface area contributed by atoms with Gasteiger partial charge in [0.15, 0.2) is 11.3 Å². The Bertz CT molecular complexity index is 1500. The smallest absolute Gasteiger partial charge is 0.248 e. The van der Waals surface area contributed by atoms with Crippen LogP contribution in [0.1, 0.15) is 29.9 Å². The average molecular weight is 490 g/mol. The summed E-state index contributed by atoms with van der Waals surface area (Å²) in [5.74, 6) is 1.65. The molecule has 1 heterocycles. The second-order valence-electron chi connectivity index (χ2n) is 8.65. The van der Waals surface area contributed by atoms with E-state index in [1.807, 2.05) is 85.8 Å². The predicted octanol–water partition coefficient (Wildman–Crippen LogP) is 7.65. The second kappa shape index (κ2) is 10.9. The van der Waals surface area contributed by atoms with Gasteiger partial charge in [0.05, 0.1) is 7.11 Å². The Labute approximate surface area is 216 Å². The van der Waals surface area contributed by atoms with Crippen molar-refractivity contribution in [3.8, 4) is 11.5 Å². The van der Waals surface area contributed by atoms with Gasteiger partial charge in [0.1, 0.15) is 17.6 Å². The van der Waals surface area contributed by atoms with Crippen LogP contribution in [0.25, 0.3) is 16.5 Å². The van der Waals surface area contributed by atoms with E-state index in [2.05, 4.69) is 29.6 Å². The summed E-state index contributed by atoms with van der Waals surface area (Å²) in [6.45, 7) is 1.85. The zero-order valence-corrected chi connectivity index (χ0v) is 20.7. The van der Waals surface area contributed by atoms with Crippen molar-refractivity contribution >= 4 is 28.1 Å². The molecule has 0 saturated carbocycles. The lowest BCUT2D eigenvalue weighted by molar-refractivity contribution is -0.111.